The number of ether oxygens (including phenoxy) is 2. The molecule has 2 aromatic carbocycles. The Morgan fingerprint density at radius 2 is 1.82 bits per heavy atom. The number of para-hydroxylation sites is 1. The first kappa shape index (κ1) is 12.9. The summed E-state index contributed by atoms with van der Waals surface area (Å²) in [6.45, 7) is 3.04. The lowest BCUT2D eigenvalue weighted by Gasteiger charge is -2.20. The van der Waals surface area contributed by atoms with Gasteiger partial charge in [0, 0.05) is 5.56 Å². The third kappa shape index (κ3) is 2.02. The molecule has 3 aromatic rings. The van der Waals surface area contributed by atoms with Crippen molar-refractivity contribution in [2.75, 3.05) is 13.2 Å². The number of nitrogens with one attached hydrogen (secondary N) is 1. The average molecular weight is 294 g/mol. The minimum absolute atomic E-state index is 0.144. The van der Waals surface area contributed by atoms with Crippen LogP contribution in [0.4, 0.5) is 0 Å². The fourth-order valence-corrected chi connectivity index (χ4v) is 2.66. The van der Waals surface area contributed by atoms with E-state index in [1.807, 2.05) is 37.3 Å². The van der Waals surface area contributed by atoms with Crippen LogP contribution in [0.15, 0.2) is 41.2 Å². The van der Waals surface area contributed by atoms with E-state index in [2.05, 4.69) is 9.97 Å². The number of aromatic amines is 1. The van der Waals surface area contributed by atoms with Gasteiger partial charge < -0.3 is 14.5 Å². The summed E-state index contributed by atoms with van der Waals surface area (Å²) in [6, 6.07) is 11.1. The molecule has 1 aliphatic heterocycles. The highest BCUT2D eigenvalue weighted by Crippen LogP contribution is 2.36. The van der Waals surface area contributed by atoms with Gasteiger partial charge in [0.05, 0.1) is 10.9 Å². The number of nitrogens with zero attached hydrogens (tertiary/aromatic N) is 1. The first-order chi connectivity index (χ1) is 10.7. The van der Waals surface area contributed by atoms with Crippen molar-refractivity contribution in [1.29, 1.82) is 0 Å². The Bertz CT molecular complexity index is 931. The van der Waals surface area contributed by atoms with E-state index in [0.29, 0.717) is 35.7 Å². The lowest BCUT2D eigenvalue weighted by molar-refractivity contribution is 0.171. The third-order valence-corrected chi connectivity index (χ3v) is 3.76. The van der Waals surface area contributed by atoms with E-state index in [4.69, 9.17) is 9.47 Å². The Labute approximate surface area is 126 Å². The van der Waals surface area contributed by atoms with E-state index < -0.39 is 0 Å². The molecule has 1 N–H and O–H groups in total. The fraction of sp³-hybridized carbons (Fsp3) is 0.176. The molecule has 0 atom stereocenters. The summed E-state index contributed by atoms with van der Waals surface area (Å²) < 4.78 is 11.2. The average Bonchev–Trinajstić information content (AvgIpc) is 2.54. The van der Waals surface area contributed by atoms with Crippen LogP contribution in [-0.2, 0) is 0 Å². The Kier molecular flexibility index (Phi) is 2.85. The Hall–Kier alpha value is -2.82. The minimum atomic E-state index is -0.144. The maximum absolute atomic E-state index is 12.2. The summed E-state index contributed by atoms with van der Waals surface area (Å²) >= 11 is 0. The van der Waals surface area contributed by atoms with Gasteiger partial charge in [0.25, 0.3) is 5.56 Å². The van der Waals surface area contributed by atoms with Crippen LogP contribution in [0.3, 0.4) is 0 Å². The second kappa shape index (κ2) is 4.87. The van der Waals surface area contributed by atoms with Gasteiger partial charge in [-0.25, -0.2) is 4.98 Å². The van der Waals surface area contributed by atoms with Gasteiger partial charge in [0.15, 0.2) is 11.5 Å². The molecule has 0 radical (unpaired) electrons. The monoisotopic (exact) mass is 294 g/mol. The van der Waals surface area contributed by atoms with Crippen molar-refractivity contribution in [3.05, 3.63) is 52.3 Å². The molecule has 0 amide bonds. The molecule has 0 saturated carbocycles. The van der Waals surface area contributed by atoms with Crippen LogP contribution in [0.2, 0.25) is 0 Å². The van der Waals surface area contributed by atoms with Gasteiger partial charge in [0.2, 0.25) is 0 Å². The van der Waals surface area contributed by atoms with Gasteiger partial charge in [-0.1, -0.05) is 12.1 Å². The molecule has 5 heteroatoms. The van der Waals surface area contributed by atoms with Crippen molar-refractivity contribution in [3.63, 3.8) is 0 Å². The maximum Gasteiger partial charge on any atom is 0.259 e. The molecule has 1 aliphatic rings. The summed E-state index contributed by atoms with van der Waals surface area (Å²) in [5.74, 6) is 1.96. The van der Waals surface area contributed by atoms with Crippen molar-refractivity contribution in [1.82, 2.24) is 9.97 Å². The molecular formula is C17H14N2O3. The number of rotatable bonds is 1. The number of fused-ring (bicyclic) bond motifs is 2. The summed E-state index contributed by atoms with van der Waals surface area (Å²) in [4.78, 5) is 19.6. The predicted molar refractivity (Wildman–Crippen MR) is 83.5 cm³/mol. The molecule has 2 heterocycles. The number of aryl methyl sites for hydroxylation is 1. The van der Waals surface area contributed by atoms with Gasteiger partial charge in [0.1, 0.15) is 19.0 Å². The number of hydrogen-bond donors (Lipinski definition) is 1. The summed E-state index contributed by atoms with van der Waals surface area (Å²) in [5.41, 5.74) is 2.35. The normalized spacial score (nSPS) is 13.3. The van der Waals surface area contributed by atoms with Crippen molar-refractivity contribution >= 4 is 10.9 Å². The number of aromatic nitrogens is 2. The molecule has 0 spiro atoms. The molecule has 0 aliphatic carbocycles. The van der Waals surface area contributed by atoms with Crippen molar-refractivity contribution in [3.8, 4) is 22.9 Å². The fourth-order valence-electron chi connectivity index (χ4n) is 2.66. The van der Waals surface area contributed by atoms with Gasteiger partial charge >= 0.3 is 0 Å². The van der Waals surface area contributed by atoms with Gasteiger partial charge in [-0.3, -0.25) is 4.79 Å². The van der Waals surface area contributed by atoms with Gasteiger partial charge in [-0.15, -0.1) is 0 Å². The lowest BCUT2D eigenvalue weighted by Crippen LogP contribution is -2.16. The van der Waals surface area contributed by atoms with Crippen LogP contribution >= 0.6 is 0 Å². The van der Waals surface area contributed by atoms with Crippen molar-refractivity contribution in [2.24, 2.45) is 0 Å². The van der Waals surface area contributed by atoms with Crippen LogP contribution in [0.25, 0.3) is 22.3 Å². The number of benzene rings is 2. The van der Waals surface area contributed by atoms with E-state index >= 15 is 0 Å². The second-order valence-corrected chi connectivity index (χ2v) is 5.24. The number of hydrogen-bond acceptors (Lipinski definition) is 4. The molecule has 110 valence electrons. The highest BCUT2D eigenvalue weighted by Gasteiger charge is 2.16. The van der Waals surface area contributed by atoms with Crippen LogP contribution in [0.1, 0.15) is 5.56 Å². The van der Waals surface area contributed by atoms with E-state index in [-0.39, 0.29) is 5.56 Å². The van der Waals surface area contributed by atoms with E-state index in [9.17, 15) is 4.79 Å². The van der Waals surface area contributed by atoms with Crippen molar-refractivity contribution < 1.29 is 9.47 Å². The summed E-state index contributed by atoms with van der Waals surface area (Å²) in [5, 5.41) is 0.585. The third-order valence-electron chi connectivity index (χ3n) is 3.76. The Morgan fingerprint density at radius 3 is 2.64 bits per heavy atom. The van der Waals surface area contributed by atoms with Gasteiger partial charge in [-0.2, -0.15) is 0 Å². The van der Waals surface area contributed by atoms with E-state index in [1.54, 1.807) is 6.07 Å². The standard InChI is InChI=1S/C17H14N2O3/c1-10-8-14-15(22-7-6-21-14)9-12(10)16-18-13-5-3-2-4-11(13)17(20)19-16/h2-5,8-9H,6-7H2,1H3,(H,18,19,20). The zero-order chi connectivity index (χ0) is 15.1. The number of H-pyrrole nitrogens is 1. The van der Waals surface area contributed by atoms with Crippen molar-refractivity contribution in [2.45, 2.75) is 6.92 Å². The van der Waals surface area contributed by atoms with Crippen LogP contribution in [-0.4, -0.2) is 23.2 Å². The lowest BCUT2D eigenvalue weighted by atomic mass is 10.1. The molecule has 4 rings (SSSR count). The first-order valence-corrected chi connectivity index (χ1v) is 7.12. The maximum atomic E-state index is 12.2. The molecule has 0 fully saturated rings. The topological polar surface area (TPSA) is 64.2 Å². The minimum Gasteiger partial charge on any atom is -0.486 e. The second-order valence-electron chi connectivity index (χ2n) is 5.24. The molecule has 22 heavy (non-hydrogen) atoms. The highest BCUT2D eigenvalue weighted by molar-refractivity contribution is 5.80. The van der Waals surface area contributed by atoms with Crippen LogP contribution < -0.4 is 15.0 Å². The first-order valence-electron chi connectivity index (χ1n) is 7.12. The molecule has 0 bridgehead atoms. The SMILES string of the molecule is Cc1cc2c(cc1-c1nc3ccccc3c(=O)[nH]1)OCCO2. The zero-order valence-corrected chi connectivity index (χ0v) is 12.1. The quantitative estimate of drug-likeness (QED) is 0.749. The summed E-state index contributed by atoms with van der Waals surface area (Å²) in [7, 11) is 0. The highest BCUT2D eigenvalue weighted by atomic mass is 16.6. The zero-order valence-electron chi connectivity index (χ0n) is 12.1. The predicted octanol–water partition coefficient (Wildman–Crippen LogP) is 2.67. The largest absolute Gasteiger partial charge is 0.486 e. The molecule has 5 nitrogen and oxygen atoms in total. The van der Waals surface area contributed by atoms with Crippen LogP contribution in [0, 0.1) is 6.92 Å². The van der Waals surface area contributed by atoms with E-state index in [1.165, 1.54) is 0 Å². The van der Waals surface area contributed by atoms with Gasteiger partial charge in [-0.05, 0) is 36.8 Å². The molecule has 0 unspecified atom stereocenters. The Balaban J connectivity index is 1.93. The smallest absolute Gasteiger partial charge is 0.259 e. The molecule has 1 aromatic heterocycles. The van der Waals surface area contributed by atoms with Crippen LogP contribution in [0.5, 0.6) is 11.5 Å². The molecule has 0 saturated heterocycles. The van der Waals surface area contributed by atoms with E-state index in [0.717, 1.165) is 16.9 Å². The summed E-state index contributed by atoms with van der Waals surface area (Å²) in [6.07, 6.45) is 0. The molecular weight excluding hydrogens is 280 g/mol. The Morgan fingerprint density at radius 1 is 1.09 bits per heavy atom.